The molecule has 0 unspecified atom stereocenters. The Labute approximate surface area is 212 Å². The molecule has 0 aliphatic carbocycles. The Balaban J connectivity index is 1.32. The van der Waals surface area contributed by atoms with Crippen LogP contribution in [0.4, 0.5) is 0 Å². The van der Waals surface area contributed by atoms with Crippen LogP contribution in [0.2, 0.25) is 5.02 Å². The van der Waals surface area contributed by atoms with E-state index in [-0.39, 0.29) is 17.9 Å². The van der Waals surface area contributed by atoms with Crippen molar-refractivity contribution < 1.29 is 9.53 Å². The van der Waals surface area contributed by atoms with E-state index in [1.807, 2.05) is 89.5 Å². The molecule has 0 saturated heterocycles. The lowest BCUT2D eigenvalue weighted by molar-refractivity contribution is -0.121. The molecule has 1 heterocycles. The number of rotatable bonds is 7. The van der Waals surface area contributed by atoms with Crippen molar-refractivity contribution >= 4 is 45.5 Å². The first kappa shape index (κ1) is 23.3. The zero-order chi connectivity index (χ0) is 24.9. The molecule has 36 heavy (non-hydrogen) atoms. The van der Waals surface area contributed by atoms with Crippen LogP contribution in [-0.4, -0.2) is 16.7 Å². The minimum absolute atomic E-state index is 0.00730. The third-order valence-electron chi connectivity index (χ3n) is 5.80. The van der Waals surface area contributed by atoms with Gasteiger partial charge >= 0.3 is 0 Å². The maximum absolute atomic E-state index is 12.9. The molecule has 0 atom stereocenters. The van der Waals surface area contributed by atoms with Gasteiger partial charge in [-0.05, 0) is 54.1 Å². The maximum Gasteiger partial charge on any atom is 0.260 e. The van der Waals surface area contributed by atoms with Gasteiger partial charge in [0.2, 0.25) is 0 Å². The average Bonchev–Trinajstić information content (AvgIpc) is 2.91. The molecule has 0 aliphatic rings. The second-order valence-electron chi connectivity index (χ2n) is 8.20. The second kappa shape index (κ2) is 10.5. The van der Waals surface area contributed by atoms with Crippen LogP contribution in [0.1, 0.15) is 11.1 Å². The summed E-state index contributed by atoms with van der Waals surface area (Å²) in [5.74, 6) is 0.326. The van der Waals surface area contributed by atoms with Crippen molar-refractivity contribution in [1.82, 2.24) is 9.99 Å². The summed E-state index contributed by atoms with van der Waals surface area (Å²) >= 11 is 5.94. The monoisotopic (exact) mass is 495 g/mol. The van der Waals surface area contributed by atoms with Crippen molar-refractivity contribution in [2.75, 3.05) is 0 Å². The number of hydrogen-bond donors (Lipinski definition) is 1. The molecule has 0 bridgehead atoms. The summed E-state index contributed by atoms with van der Waals surface area (Å²) in [6.45, 7) is 0.383. The van der Waals surface area contributed by atoms with E-state index in [0.717, 1.165) is 11.1 Å². The van der Waals surface area contributed by atoms with Gasteiger partial charge in [0.25, 0.3) is 5.91 Å². The molecule has 4 aromatic carbocycles. The summed E-state index contributed by atoms with van der Waals surface area (Å²) < 4.78 is 7.78. The fourth-order valence-electron chi connectivity index (χ4n) is 4.06. The van der Waals surface area contributed by atoms with Gasteiger partial charge in [0, 0.05) is 21.4 Å². The van der Waals surface area contributed by atoms with Crippen LogP contribution in [0.15, 0.2) is 107 Å². The van der Waals surface area contributed by atoms with Crippen molar-refractivity contribution in [3.63, 3.8) is 0 Å². The van der Waals surface area contributed by atoms with Gasteiger partial charge in [-0.2, -0.15) is 5.10 Å². The number of hydrazone groups is 1. The van der Waals surface area contributed by atoms with Crippen molar-refractivity contribution in [2.24, 2.45) is 5.10 Å². The summed E-state index contributed by atoms with van der Waals surface area (Å²) in [5, 5.41) is 5.95. The number of nitrogens with one attached hydrogen (secondary N) is 1. The fourth-order valence-corrected chi connectivity index (χ4v) is 4.19. The zero-order valence-corrected chi connectivity index (χ0v) is 20.0. The van der Waals surface area contributed by atoms with Gasteiger partial charge in [0.15, 0.2) is 5.43 Å². The van der Waals surface area contributed by atoms with Crippen LogP contribution in [0, 0.1) is 0 Å². The van der Waals surface area contributed by atoms with E-state index in [2.05, 4.69) is 10.5 Å². The number of benzene rings is 4. The van der Waals surface area contributed by atoms with E-state index < -0.39 is 0 Å². The smallest absolute Gasteiger partial charge is 0.260 e. The summed E-state index contributed by atoms with van der Waals surface area (Å²) in [5.41, 5.74) is 5.65. The first-order valence-corrected chi connectivity index (χ1v) is 11.8. The van der Waals surface area contributed by atoms with Gasteiger partial charge in [-0.1, -0.05) is 60.1 Å². The van der Waals surface area contributed by atoms with Crippen LogP contribution >= 0.6 is 11.6 Å². The van der Waals surface area contributed by atoms with Gasteiger partial charge in [0.05, 0.1) is 17.2 Å². The van der Waals surface area contributed by atoms with E-state index in [4.69, 9.17) is 16.3 Å². The number of para-hydroxylation sites is 3. The maximum atomic E-state index is 12.9. The summed E-state index contributed by atoms with van der Waals surface area (Å²) in [4.78, 5) is 25.7. The highest BCUT2D eigenvalue weighted by Gasteiger charge is 2.12. The Kier molecular flexibility index (Phi) is 6.78. The van der Waals surface area contributed by atoms with Crippen molar-refractivity contribution in [3.05, 3.63) is 123 Å². The van der Waals surface area contributed by atoms with Gasteiger partial charge < -0.3 is 9.30 Å². The molecule has 0 fully saturated rings. The molecule has 1 N–H and O–H groups in total. The fraction of sp³-hybridized carbons (Fsp3) is 0.0690. The molecule has 0 saturated carbocycles. The molecule has 7 heteroatoms. The highest BCUT2D eigenvalue weighted by atomic mass is 35.5. The number of fused-ring (bicyclic) bond motifs is 2. The van der Waals surface area contributed by atoms with Crippen LogP contribution in [0.3, 0.4) is 0 Å². The van der Waals surface area contributed by atoms with Gasteiger partial charge in [0.1, 0.15) is 18.9 Å². The van der Waals surface area contributed by atoms with Crippen LogP contribution in [0.25, 0.3) is 21.8 Å². The summed E-state index contributed by atoms with van der Waals surface area (Å²) in [6, 6.07) is 29.5. The minimum atomic E-state index is -0.315. The van der Waals surface area contributed by atoms with E-state index in [1.54, 1.807) is 18.3 Å². The SMILES string of the molecule is O=C(Cn1c2ccccc2c(=O)c2ccccc21)N/N=C\c1ccccc1OCc1ccc(Cl)cc1. The van der Waals surface area contributed by atoms with Gasteiger partial charge in [-0.3, -0.25) is 9.59 Å². The standard InChI is InChI=1S/C29H22ClN3O3/c30-22-15-13-20(14-16-22)19-36-27-12-6-1-7-21(27)17-31-32-28(34)18-33-25-10-4-2-8-23(25)29(35)24-9-3-5-11-26(24)33/h1-17H,18-19H2,(H,32,34)/b31-17-. The van der Waals surface area contributed by atoms with Gasteiger partial charge in [-0.25, -0.2) is 5.43 Å². The Bertz CT molecular complexity index is 1580. The second-order valence-corrected chi connectivity index (χ2v) is 8.63. The van der Waals surface area contributed by atoms with Crippen molar-refractivity contribution in [3.8, 4) is 5.75 Å². The summed E-state index contributed by atoms with van der Waals surface area (Å²) in [7, 11) is 0. The number of ether oxygens (including phenoxy) is 1. The quantitative estimate of drug-likeness (QED) is 0.183. The molecule has 0 spiro atoms. The number of aromatic nitrogens is 1. The topological polar surface area (TPSA) is 72.7 Å². The largest absolute Gasteiger partial charge is 0.488 e. The highest BCUT2D eigenvalue weighted by Crippen LogP contribution is 2.20. The molecule has 0 radical (unpaired) electrons. The number of pyridine rings is 1. The van der Waals surface area contributed by atoms with E-state index in [9.17, 15) is 9.59 Å². The Morgan fingerprint density at radius 1 is 0.861 bits per heavy atom. The van der Waals surface area contributed by atoms with Gasteiger partial charge in [-0.15, -0.1) is 0 Å². The Morgan fingerprint density at radius 2 is 1.47 bits per heavy atom. The lowest BCUT2D eigenvalue weighted by Gasteiger charge is -2.14. The third-order valence-corrected chi connectivity index (χ3v) is 6.05. The van der Waals surface area contributed by atoms with Crippen LogP contribution < -0.4 is 15.6 Å². The molecule has 0 aliphatic heterocycles. The molecule has 178 valence electrons. The first-order chi connectivity index (χ1) is 17.6. The van der Waals surface area contributed by atoms with E-state index in [1.165, 1.54) is 0 Å². The number of hydrogen-bond acceptors (Lipinski definition) is 4. The lowest BCUT2D eigenvalue weighted by atomic mass is 10.1. The van der Waals surface area contributed by atoms with Crippen LogP contribution in [0.5, 0.6) is 5.75 Å². The Hall–Kier alpha value is -4.42. The summed E-state index contributed by atoms with van der Waals surface area (Å²) in [6.07, 6.45) is 1.55. The first-order valence-electron chi connectivity index (χ1n) is 11.4. The van der Waals surface area contributed by atoms with E-state index >= 15 is 0 Å². The molecule has 1 aromatic heterocycles. The molecule has 5 rings (SSSR count). The number of carbonyl (C=O) groups is 1. The predicted octanol–water partition coefficient (Wildman–Crippen LogP) is 5.54. The number of nitrogens with zero attached hydrogens (tertiary/aromatic N) is 2. The van der Waals surface area contributed by atoms with Crippen LogP contribution in [-0.2, 0) is 17.9 Å². The molecule has 5 aromatic rings. The average molecular weight is 496 g/mol. The molecule has 6 nitrogen and oxygen atoms in total. The zero-order valence-electron chi connectivity index (χ0n) is 19.2. The Morgan fingerprint density at radius 3 is 2.17 bits per heavy atom. The molecular weight excluding hydrogens is 474 g/mol. The number of halogens is 1. The predicted molar refractivity (Wildman–Crippen MR) is 144 cm³/mol. The van der Waals surface area contributed by atoms with E-state index in [0.29, 0.717) is 39.2 Å². The number of carbonyl (C=O) groups excluding carboxylic acids is 1. The third kappa shape index (κ3) is 4.99. The highest BCUT2D eigenvalue weighted by molar-refractivity contribution is 6.30. The number of amides is 1. The normalized spacial score (nSPS) is 11.2. The molecule has 1 amide bonds. The van der Waals surface area contributed by atoms with Crippen molar-refractivity contribution in [1.29, 1.82) is 0 Å². The molecular formula is C29H22ClN3O3. The van der Waals surface area contributed by atoms with Crippen molar-refractivity contribution in [2.45, 2.75) is 13.2 Å². The minimum Gasteiger partial charge on any atom is -0.488 e. The lowest BCUT2D eigenvalue weighted by Crippen LogP contribution is -2.25.